The summed E-state index contributed by atoms with van der Waals surface area (Å²) in [5.41, 5.74) is -1.69. The molecule has 8 rings (SSSR count). The highest BCUT2D eigenvalue weighted by Crippen LogP contribution is 2.60. The van der Waals surface area contributed by atoms with Gasteiger partial charge in [0.05, 0.1) is 19.2 Å². The molecule has 0 N–H and O–H groups in total. The van der Waals surface area contributed by atoms with Crippen LogP contribution >= 0.6 is 57.5 Å². The molecule has 2 fully saturated rings. The van der Waals surface area contributed by atoms with Crippen molar-refractivity contribution in [2.75, 3.05) is 13.1 Å². The summed E-state index contributed by atoms with van der Waals surface area (Å²) in [4.78, 5) is 69.3. The first-order valence-corrected chi connectivity index (χ1v) is 22.7. The van der Waals surface area contributed by atoms with Crippen LogP contribution in [0.3, 0.4) is 0 Å². The van der Waals surface area contributed by atoms with Gasteiger partial charge in [-0.05, 0) is 60.6 Å². The highest BCUT2D eigenvalue weighted by atomic mass is 32.2. The number of rotatable bonds is 10. The zero-order valence-electron chi connectivity index (χ0n) is 32.7. The fourth-order valence-electron chi connectivity index (χ4n) is 6.59. The van der Waals surface area contributed by atoms with Crippen molar-refractivity contribution in [3.63, 3.8) is 0 Å². The summed E-state index contributed by atoms with van der Waals surface area (Å²) in [5, 5.41) is 39.2. The number of carbonyl (C=O) groups excluding carboxylic acids is 4. The van der Waals surface area contributed by atoms with Gasteiger partial charge in [-0.1, -0.05) is 60.7 Å². The summed E-state index contributed by atoms with van der Waals surface area (Å²) in [6, 6.07) is 28.3. The number of fused-ring (bicyclic) bond motifs is 5. The maximum Gasteiger partial charge on any atom is 0.367 e. The van der Waals surface area contributed by atoms with Gasteiger partial charge in [-0.15, -0.1) is 34.0 Å². The number of hydrogen-bond acceptors (Lipinski definition) is 18. The van der Waals surface area contributed by atoms with Gasteiger partial charge in [0, 0.05) is 18.7 Å². The molecular formula is C43H26N8O7S5. The number of amides is 2. The van der Waals surface area contributed by atoms with E-state index in [0.717, 1.165) is 46.2 Å². The van der Waals surface area contributed by atoms with Crippen LogP contribution < -0.4 is 4.74 Å². The van der Waals surface area contributed by atoms with Gasteiger partial charge in [0.15, 0.2) is 27.0 Å². The topological polar surface area (TPSA) is 222 Å². The molecule has 0 spiro atoms. The van der Waals surface area contributed by atoms with Crippen molar-refractivity contribution < 1.29 is 33.4 Å². The van der Waals surface area contributed by atoms with E-state index in [4.69, 9.17) is 14.2 Å². The Bertz CT molecular complexity index is 2980. The van der Waals surface area contributed by atoms with Crippen LogP contribution in [0.5, 0.6) is 5.75 Å². The number of aliphatic imine (C=N–C) groups is 2. The standard InChI is InChI=1S/C43H26N8O7S5/c1-3-50-37(52)35(62-39(50)25(17-44)18-45)48-29-15-27-32(60-29)34-31(33-28(59-34)16-30(61-33)49-36-38(53)51(4-2)40(63-36)26(19-46)20-47)58-43(27,41(54)56-21-23-11-7-5-8-12-23)42(55)57-22-24-13-9-6-10-14-24/h5-16H,3-4,21-22H2,1-2H3/b48-35-,49-36-. The third kappa shape index (κ3) is 7.65. The van der Waals surface area contributed by atoms with E-state index in [-0.39, 0.29) is 73.9 Å². The molecule has 20 heteroatoms. The van der Waals surface area contributed by atoms with E-state index in [1.54, 1.807) is 68.4 Å². The molecule has 63 heavy (non-hydrogen) atoms. The molecule has 3 aliphatic rings. The predicted molar refractivity (Wildman–Crippen MR) is 238 cm³/mol. The summed E-state index contributed by atoms with van der Waals surface area (Å²) in [6.07, 6.45) is 0. The van der Waals surface area contributed by atoms with Crippen molar-refractivity contribution in [3.05, 3.63) is 111 Å². The third-order valence-electron chi connectivity index (χ3n) is 9.53. The molecule has 2 saturated heterocycles. The summed E-state index contributed by atoms with van der Waals surface area (Å²) >= 11 is 5.27. The minimum atomic E-state index is -2.56. The monoisotopic (exact) mass is 926 g/mol. The molecule has 0 radical (unpaired) electrons. The van der Waals surface area contributed by atoms with Gasteiger partial charge in [-0.3, -0.25) is 19.4 Å². The SMILES string of the molecule is CCN1C(=O)/C(=N/c2cc3c(s2)-c2sc4cc(/N=C5\SC(=C(C#N)C#N)N(CC)C5=O)sc4c2OC3(C(=O)OCc2ccccc2)C(=O)OCc2ccccc2)SC1=C(C#N)C#N. The Morgan fingerprint density at radius 3 is 1.62 bits per heavy atom. The van der Waals surface area contributed by atoms with Crippen molar-refractivity contribution in [1.29, 1.82) is 21.0 Å². The number of nitrogens with zero attached hydrogens (tertiary/aromatic N) is 8. The van der Waals surface area contributed by atoms with Gasteiger partial charge in [0.25, 0.3) is 11.8 Å². The zero-order chi connectivity index (χ0) is 44.4. The van der Waals surface area contributed by atoms with Gasteiger partial charge in [-0.25, -0.2) is 19.6 Å². The Morgan fingerprint density at radius 1 is 0.683 bits per heavy atom. The number of carbonyl (C=O) groups is 4. The van der Waals surface area contributed by atoms with E-state index in [2.05, 4.69) is 9.98 Å². The molecule has 2 aromatic carbocycles. The molecule has 6 heterocycles. The van der Waals surface area contributed by atoms with Gasteiger partial charge in [0.2, 0.25) is 0 Å². The zero-order valence-corrected chi connectivity index (χ0v) is 36.8. The molecule has 0 saturated carbocycles. The lowest BCUT2D eigenvalue weighted by molar-refractivity contribution is -0.183. The van der Waals surface area contributed by atoms with E-state index in [1.165, 1.54) is 27.2 Å². The lowest BCUT2D eigenvalue weighted by Crippen LogP contribution is -2.52. The molecular weight excluding hydrogens is 901 g/mol. The first-order chi connectivity index (χ1) is 30.6. The van der Waals surface area contributed by atoms with E-state index < -0.39 is 29.4 Å². The molecule has 5 aromatic rings. The highest BCUT2D eigenvalue weighted by molar-refractivity contribution is 8.20. The fourth-order valence-corrected chi connectivity index (χ4v) is 12.4. The third-order valence-corrected chi connectivity index (χ3v) is 15.2. The normalized spacial score (nSPS) is 16.2. The van der Waals surface area contributed by atoms with Crippen molar-refractivity contribution in [3.8, 4) is 39.8 Å². The molecule has 310 valence electrons. The minimum Gasteiger partial charge on any atom is -0.457 e. The van der Waals surface area contributed by atoms with Crippen LogP contribution in [0.1, 0.15) is 30.5 Å². The van der Waals surface area contributed by atoms with E-state index in [1.807, 2.05) is 36.4 Å². The van der Waals surface area contributed by atoms with Crippen LogP contribution in [0.4, 0.5) is 10.0 Å². The Morgan fingerprint density at radius 2 is 1.16 bits per heavy atom. The van der Waals surface area contributed by atoms with Crippen molar-refractivity contribution in [2.45, 2.75) is 32.7 Å². The maximum atomic E-state index is 14.8. The number of benzene rings is 2. The number of ether oxygens (including phenoxy) is 3. The second kappa shape index (κ2) is 17.7. The summed E-state index contributed by atoms with van der Waals surface area (Å²) in [6.45, 7) is 3.34. The predicted octanol–water partition coefficient (Wildman–Crippen LogP) is 8.53. The molecule has 15 nitrogen and oxygen atoms in total. The summed E-state index contributed by atoms with van der Waals surface area (Å²) < 4.78 is 19.6. The van der Waals surface area contributed by atoms with E-state index in [9.17, 15) is 40.2 Å². The largest absolute Gasteiger partial charge is 0.457 e. The smallest absolute Gasteiger partial charge is 0.367 e. The van der Waals surface area contributed by atoms with Crippen LogP contribution in [0.25, 0.3) is 19.2 Å². The quantitative estimate of drug-likeness (QED) is 0.0728. The second-order valence-corrected chi connectivity index (χ2v) is 18.3. The Hall–Kier alpha value is -7.04. The Labute approximate surface area is 379 Å². The molecule has 3 aliphatic heterocycles. The molecule has 0 bridgehead atoms. The van der Waals surface area contributed by atoms with Crippen molar-refractivity contribution in [2.24, 2.45) is 9.98 Å². The van der Waals surface area contributed by atoms with Crippen LogP contribution in [-0.2, 0) is 47.5 Å². The average Bonchev–Trinajstić information content (AvgIpc) is 4.12. The number of thiophene rings is 3. The number of allylic oxidation sites excluding steroid dienone is 2. The van der Waals surface area contributed by atoms with Gasteiger partial charge < -0.3 is 14.2 Å². The van der Waals surface area contributed by atoms with Crippen LogP contribution in [0.2, 0.25) is 0 Å². The summed E-state index contributed by atoms with van der Waals surface area (Å²) in [7, 11) is 0. The first kappa shape index (κ1) is 42.6. The lowest BCUT2D eigenvalue weighted by Gasteiger charge is -2.33. The minimum absolute atomic E-state index is 0.0370. The number of esters is 2. The molecule has 0 atom stereocenters. The molecule has 0 unspecified atom stereocenters. The molecule has 3 aromatic heterocycles. The molecule has 2 amide bonds. The summed E-state index contributed by atoms with van der Waals surface area (Å²) in [5.74, 6) is -3.03. The van der Waals surface area contributed by atoms with Gasteiger partial charge in [-0.2, -0.15) is 21.0 Å². The average molecular weight is 927 g/mol. The van der Waals surface area contributed by atoms with E-state index >= 15 is 0 Å². The van der Waals surface area contributed by atoms with Gasteiger partial charge >= 0.3 is 17.5 Å². The Kier molecular flexibility index (Phi) is 12.0. The van der Waals surface area contributed by atoms with Crippen LogP contribution in [-0.4, -0.2) is 56.7 Å². The highest BCUT2D eigenvalue weighted by Gasteiger charge is 2.59. The fraction of sp³-hybridized carbons (Fsp3) is 0.163. The van der Waals surface area contributed by atoms with Crippen LogP contribution in [0.15, 0.2) is 104 Å². The van der Waals surface area contributed by atoms with Crippen LogP contribution in [0, 0.1) is 45.3 Å². The number of thioether (sulfide) groups is 2. The van der Waals surface area contributed by atoms with Crippen molar-refractivity contribution >= 4 is 111 Å². The maximum absolute atomic E-state index is 14.8. The van der Waals surface area contributed by atoms with Gasteiger partial charge in [0.1, 0.15) is 57.6 Å². The first-order valence-electron chi connectivity index (χ1n) is 18.7. The number of hydrogen-bond donors (Lipinski definition) is 0. The van der Waals surface area contributed by atoms with E-state index in [0.29, 0.717) is 35.3 Å². The number of nitriles is 4. The Balaban J connectivity index is 1.28. The van der Waals surface area contributed by atoms with Crippen molar-refractivity contribution in [1.82, 2.24) is 9.80 Å². The second-order valence-electron chi connectivity index (χ2n) is 13.2. The molecule has 0 aliphatic carbocycles. The lowest BCUT2D eigenvalue weighted by atomic mass is 9.91.